The summed E-state index contributed by atoms with van der Waals surface area (Å²) >= 11 is -22.7. The third-order valence-corrected chi connectivity index (χ3v) is 15.6. The second-order valence-electron chi connectivity index (χ2n) is 3.82. The second kappa shape index (κ2) is 97.4. The fraction of sp³-hybridized carbons (Fsp3) is 1.00. The Labute approximate surface area is 342 Å². The zero-order valence-corrected chi connectivity index (χ0v) is 40.7. The Kier molecular flexibility index (Phi) is 260. The van der Waals surface area contributed by atoms with E-state index < -0.39 is 94.1 Å². The van der Waals surface area contributed by atoms with Gasteiger partial charge in [0.1, 0.15) is 0 Å². The first-order valence-corrected chi connectivity index (χ1v) is 21.3. The van der Waals surface area contributed by atoms with Crippen molar-refractivity contribution in [2.24, 2.45) is 0 Å². The van der Waals surface area contributed by atoms with Crippen LogP contribution in [0.4, 0.5) is 0 Å². The summed E-state index contributed by atoms with van der Waals surface area (Å²) in [6.07, 6.45) is 2.33. The minimum atomic E-state index is -3.94. The summed E-state index contributed by atoms with van der Waals surface area (Å²) in [5.74, 6) is 0. The monoisotopic (exact) mass is 1380 g/mol. The van der Waals surface area contributed by atoms with Crippen LogP contribution in [0.15, 0.2) is 0 Å². The molecule has 0 rings (SSSR count). The quantitative estimate of drug-likeness (QED) is 0.0990. The fourth-order valence-corrected chi connectivity index (χ4v) is 10.6. The van der Waals surface area contributed by atoms with Crippen LogP contribution in [0.25, 0.3) is 0 Å². The van der Waals surface area contributed by atoms with E-state index in [1.165, 1.54) is 12.8 Å². The molecule has 292 valence electrons. The number of rotatable bonds is 12. The van der Waals surface area contributed by atoms with E-state index >= 15 is 0 Å². The van der Waals surface area contributed by atoms with Gasteiger partial charge in [0, 0.05) is 97.1 Å². The van der Waals surface area contributed by atoms with Gasteiger partial charge in [-0.05, 0) is 0 Å². The minimum absolute atomic E-state index is 0. The van der Waals surface area contributed by atoms with Gasteiger partial charge in [-0.25, -0.2) is 0 Å². The predicted molar refractivity (Wildman–Crippen MR) is 96.3 cm³/mol. The number of quaternary nitrogens is 4. The summed E-state index contributed by atoms with van der Waals surface area (Å²) in [7, 11) is 0. The van der Waals surface area contributed by atoms with E-state index in [4.69, 9.17) is 8.19 Å². The molecule has 0 aromatic heterocycles. The summed E-state index contributed by atoms with van der Waals surface area (Å²) in [6.45, 7) is 4.12. The molecule has 38 heteroatoms. The van der Waals surface area contributed by atoms with Crippen LogP contribution in [-0.2, 0) is 139 Å². The van der Waals surface area contributed by atoms with Gasteiger partial charge in [-0.3, -0.25) is 0 Å². The molecule has 0 saturated carbocycles. The van der Waals surface area contributed by atoms with E-state index in [2.05, 4.69) is 33.8 Å². The van der Waals surface area contributed by atoms with E-state index in [0.29, 0.717) is 0 Å². The molecule has 18 N–H and O–H groups in total. The Morgan fingerprint density at radius 1 is 0.409 bits per heavy atom. The first-order chi connectivity index (χ1) is 13.9. The molecular weight excluding hydrogens is 1350 g/mol. The molecule has 28 nitrogen and oxygen atoms in total. The second-order valence-corrected chi connectivity index (χ2v) is 18.1. The van der Waals surface area contributed by atoms with Gasteiger partial charge < -0.3 is 77.7 Å². The van der Waals surface area contributed by atoms with Crippen LogP contribution in [0.5, 0.6) is 0 Å². The van der Waals surface area contributed by atoms with Gasteiger partial charge in [0.05, 0.1) is 26.2 Å². The molecule has 0 aliphatic heterocycles. The normalized spacial score (nSPS) is 9.82. The Hall–Kier alpha value is 4.98. The molecule has 0 radical (unpaired) electrons. The fourth-order valence-electron chi connectivity index (χ4n) is 0.606. The van der Waals surface area contributed by atoms with Crippen LogP contribution in [-0.4, -0.2) is 139 Å². The summed E-state index contributed by atoms with van der Waals surface area (Å²) in [5, 5.41) is 0. The molecule has 0 aromatic carbocycles. The van der Waals surface area contributed by atoms with E-state index in [-0.39, 0.29) is 139 Å². The topological polar surface area (TPSA) is 663 Å². The number of hydrogen-bond donors (Lipinski definition) is 6. The maximum atomic E-state index is 10.2. The molecule has 4 atom stereocenters. The van der Waals surface area contributed by atoms with E-state index in [9.17, 15) is 32.8 Å². The van der Waals surface area contributed by atoms with Crippen molar-refractivity contribution < 1.29 is 214 Å². The number of hydrogen-bond acceptors (Lipinski definition) is 14. The predicted octanol–water partition coefficient (Wildman–Crippen LogP) is -20.1. The van der Waals surface area contributed by atoms with Crippen LogP contribution in [0.1, 0.15) is 12.8 Å². The summed E-state index contributed by atoms with van der Waals surface area (Å²) in [5.41, 5.74) is 14.5. The summed E-state index contributed by atoms with van der Waals surface area (Å²) in [6, 6.07) is 0. The maximum absolute atomic E-state index is 10.2. The van der Waals surface area contributed by atoms with Gasteiger partial charge in [-0.2, -0.15) is 0 Å². The van der Waals surface area contributed by atoms with Crippen LogP contribution >= 0.6 is 0 Å². The Bertz CT molecular complexity index is 292. The Morgan fingerprint density at radius 2 is 0.568 bits per heavy atom. The van der Waals surface area contributed by atoms with Crippen molar-refractivity contribution in [3.05, 3.63) is 0 Å². The van der Waals surface area contributed by atoms with Crippen molar-refractivity contribution in [1.82, 2.24) is 0 Å². The van der Waals surface area contributed by atoms with Gasteiger partial charge >= 0.3 is 146 Å². The van der Waals surface area contributed by atoms with E-state index in [0.717, 1.165) is 26.2 Å². The first-order valence-electron chi connectivity index (χ1n) is 7.32. The molecule has 0 aromatic rings. The Morgan fingerprint density at radius 3 is 0.636 bits per heavy atom. The van der Waals surface area contributed by atoms with Gasteiger partial charge in [0.15, 0.2) is 0 Å². The van der Waals surface area contributed by atoms with Gasteiger partial charge in [-0.15, -0.1) is 0 Å². The molecule has 0 saturated heterocycles. The van der Waals surface area contributed by atoms with Crippen molar-refractivity contribution in [3.63, 3.8) is 0 Å². The zero-order valence-electron chi connectivity index (χ0n) is 21.4. The Balaban J connectivity index is -0.0000000119. The standard InChI is InChI=1S/2C3H10N2.2As3HO7.4Mo.2H2O.8O/c2*4-2-1-3-5;2*4-1(5)9-3(8)10-2(6)7;;;;;;;;;;;;;;/h2*1-5H2;2*4H;;;;;2*1H2;;;;;;;;/q;;2*-4;;;;;;;8*-2/p+4. The molecule has 0 aliphatic rings. The van der Waals surface area contributed by atoms with Crippen molar-refractivity contribution in [2.75, 3.05) is 26.2 Å². The van der Waals surface area contributed by atoms with Crippen LogP contribution < -0.4 is 55.7 Å². The van der Waals surface area contributed by atoms with Crippen molar-refractivity contribution in [1.29, 1.82) is 0 Å². The molecule has 0 aliphatic carbocycles. The SMILES string of the molecule is O.O.[Mo].[Mo].[Mo].[Mo].[NH3+]CCC[NH3+].[NH3+]CCC[NH3+].[O-2].[O-2].[O-2].[O-2].[O-2].[O-2].[O-2].[O-2].[O-][As]([O-])O[As]([O-])O[As]([O-])O.[O-][As]([O-])O[As]([O-])O[As]([O-])O. The van der Waals surface area contributed by atoms with E-state index in [1.54, 1.807) is 0 Å². The van der Waals surface area contributed by atoms with Gasteiger partial charge in [-0.1, -0.05) is 0 Å². The van der Waals surface area contributed by atoms with Gasteiger partial charge in [0.2, 0.25) is 0 Å². The van der Waals surface area contributed by atoms with Crippen LogP contribution in [0.2, 0.25) is 0 Å². The first kappa shape index (κ1) is 117. The van der Waals surface area contributed by atoms with Crippen LogP contribution in [0, 0.1) is 0 Å². The molecular formula is C6H30As6Mo4N4O24-20. The summed E-state index contributed by atoms with van der Waals surface area (Å²) < 4.78 is 109. The third kappa shape index (κ3) is 159. The summed E-state index contributed by atoms with van der Waals surface area (Å²) in [4.78, 5) is 0. The van der Waals surface area contributed by atoms with E-state index in [1.807, 2.05) is 0 Å². The molecule has 0 spiro atoms. The zero-order chi connectivity index (χ0) is 24.5. The molecule has 0 amide bonds. The molecule has 4 unspecified atom stereocenters. The molecule has 0 bridgehead atoms. The average molecular weight is 1380 g/mol. The average Bonchev–Trinajstić information content (AvgIpc) is 2.55. The van der Waals surface area contributed by atoms with Crippen molar-refractivity contribution in [3.8, 4) is 0 Å². The van der Waals surface area contributed by atoms with Crippen LogP contribution in [0.3, 0.4) is 0 Å². The molecule has 0 fully saturated rings. The van der Waals surface area contributed by atoms with Crippen molar-refractivity contribution in [2.45, 2.75) is 12.8 Å². The third-order valence-electron chi connectivity index (χ3n) is 1.54. The van der Waals surface area contributed by atoms with Gasteiger partial charge in [0.25, 0.3) is 0 Å². The molecule has 44 heavy (non-hydrogen) atoms. The van der Waals surface area contributed by atoms with Crippen molar-refractivity contribution >= 4 is 94.1 Å². The molecule has 0 heterocycles.